The van der Waals surface area contributed by atoms with Gasteiger partial charge in [-0.2, -0.15) is 10.2 Å². The highest BCUT2D eigenvalue weighted by Gasteiger charge is 2.38. The van der Waals surface area contributed by atoms with Gasteiger partial charge in [-0.3, -0.25) is 28.8 Å². The van der Waals surface area contributed by atoms with Crippen LogP contribution in [0.1, 0.15) is 93.4 Å². The standard InChI is InChI=1S/C25H24F2N4O.C23H23F2N5.C2H6.C2H4.FH/c26-19-10-21(18-11-29-30(13-18)15-25(27)7-1-2-8-25)23(28-12-19)16-3-4-17-14-31(20-5-6-20)24(32)22(17)9-16;1-14-28-21-8-16(4-6-22(21)29(14)2)23-20(9-19(25)11-26-23)17-10-27-30(13-17)12-15-3-5-18(24)7-15;2*1-2;/h3-4,9-13,20H,1-2,5-8,14-15H2;4,6,8-11,13,15,18H,3,5,7,12H2,1-2H3;1-2H3;1-2H2;1H/t;15?,18-;;;/m.0.../s1. The van der Waals surface area contributed by atoms with Crippen LogP contribution in [0, 0.1) is 24.5 Å². The molecule has 6 heterocycles. The van der Waals surface area contributed by atoms with Crippen molar-refractivity contribution in [2.45, 2.75) is 116 Å². The number of fused-ring (bicyclic) bond motifs is 2. The molecule has 5 aromatic heterocycles. The molecule has 1 unspecified atom stereocenters. The number of halogens is 5. The van der Waals surface area contributed by atoms with Crippen LogP contribution in [0.5, 0.6) is 0 Å². The Morgan fingerprint density at radius 3 is 1.97 bits per heavy atom. The summed E-state index contributed by atoms with van der Waals surface area (Å²) in [4.78, 5) is 28.1. The molecular formula is C52H58F5N9O. The van der Waals surface area contributed by atoms with Crippen molar-refractivity contribution in [2.24, 2.45) is 13.0 Å². The van der Waals surface area contributed by atoms with E-state index < -0.39 is 23.5 Å². The first-order valence-corrected chi connectivity index (χ1v) is 23.0. The van der Waals surface area contributed by atoms with Gasteiger partial charge in [-0.25, -0.2) is 22.5 Å². The smallest absolute Gasteiger partial charge is 0.254 e. The molecule has 3 saturated carbocycles. The zero-order valence-electron chi connectivity index (χ0n) is 38.6. The maximum absolute atomic E-state index is 14.9. The lowest BCUT2D eigenvalue weighted by Gasteiger charge is -2.18. The maximum atomic E-state index is 14.9. The summed E-state index contributed by atoms with van der Waals surface area (Å²) in [7, 11) is 1.98. The molecule has 7 aromatic rings. The molecule has 1 amide bonds. The molecule has 352 valence electrons. The van der Waals surface area contributed by atoms with Crippen LogP contribution in [-0.2, 0) is 26.7 Å². The van der Waals surface area contributed by atoms with Crippen LogP contribution in [-0.4, -0.2) is 67.8 Å². The van der Waals surface area contributed by atoms with Gasteiger partial charge in [0, 0.05) is 77.5 Å². The molecule has 10 nitrogen and oxygen atoms in total. The molecule has 0 radical (unpaired) electrons. The lowest BCUT2D eigenvalue weighted by atomic mass is 9.98. The Morgan fingerprint density at radius 2 is 1.36 bits per heavy atom. The number of carbonyl (C=O) groups excluding carboxylic acids is 1. The van der Waals surface area contributed by atoms with E-state index >= 15 is 0 Å². The van der Waals surface area contributed by atoms with Crippen molar-refractivity contribution in [2.75, 3.05) is 0 Å². The number of carbonyl (C=O) groups is 1. The van der Waals surface area contributed by atoms with E-state index in [9.17, 15) is 22.4 Å². The molecule has 0 spiro atoms. The van der Waals surface area contributed by atoms with Gasteiger partial charge in [0.1, 0.15) is 29.3 Å². The topological polar surface area (TPSA) is 99.5 Å². The lowest BCUT2D eigenvalue weighted by molar-refractivity contribution is 0.0766. The minimum Gasteiger partial charge on any atom is -0.331 e. The Bertz CT molecular complexity index is 2840. The molecule has 0 N–H and O–H groups in total. The number of benzene rings is 2. The monoisotopic (exact) mass is 919 g/mol. The van der Waals surface area contributed by atoms with Crippen LogP contribution < -0.4 is 0 Å². The fraction of sp³-hybridized carbons (Fsp3) is 0.385. The molecule has 3 aliphatic carbocycles. The zero-order valence-corrected chi connectivity index (χ0v) is 38.6. The molecule has 4 aliphatic rings. The van der Waals surface area contributed by atoms with Crippen molar-refractivity contribution in [1.29, 1.82) is 0 Å². The third-order valence-corrected chi connectivity index (χ3v) is 13.0. The molecule has 2 atom stereocenters. The fourth-order valence-electron chi connectivity index (χ4n) is 9.49. The summed E-state index contributed by atoms with van der Waals surface area (Å²) < 4.78 is 62.1. The highest BCUT2D eigenvalue weighted by atomic mass is 19.1. The Kier molecular flexibility index (Phi) is 14.9. The van der Waals surface area contributed by atoms with Crippen molar-refractivity contribution < 1.29 is 27.1 Å². The number of nitrogens with zero attached hydrogens (tertiary/aromatic N) is 9. The molecule has 2 aromatic carbocycles. The van der Waals surface area contributed by atoms with Gasteiger partial charge in [0.05, 0.1) is 53.8 Å². The number of amides is 1. The first-order chi connectivity index (χ1) is 32.0. The van der Waals surface area contributed by atoms with Gasteiger partial charge in [0.25, 0.3) is 5.91 Å². The average molecular weight is 920 g/mol. The summed E-state index contributed by atoms with van der Waals surface area (Å²) in [6, 6.07) is 15.0. The number of imidazole rings is 1. The number of aromatic nitrogens is 8. The van der Waals surface area contributed by atoms with E-state index in [1.54, 1.807) is 23.3 Å². The third kappa shape index (κ3) is 10.4. The lowest BCUT2D eigenvalue weighted by Crippen LogP contribution is -2.25. The number of hydrogen-bond acceptors (Lipinski definition) is 6. The molecule has 3 fully saturated rings. The largest absolute Gasteiger partial charge is 0.331 e. The van der Waals surface area contributed by atoms with Crippen LogP contribution in [0.25, 0.3) is 55.8 Å². The molecule has 0 saturated heterocycles. The molecule has 0 bridgehead atoms. The van der Waals surface area contributed by atoms with Crippen LogP contribution >= 0.6 is 0 Å². The molecule has 15 heteroatoms. The highest BCUT2D eigenvalue weighted by molar-refractivity contribution is 6.00. The van der Waals surface area contributed by atoms with Crippen molar-refractivity contribution in [3.05, 3.63) is 127 Å². The summed E-state index contributed by atoms with van der Waals surface area (Å²) >= 11 is 0. The highest BCUT2D eigenvalue weighted by Crippen LogP contribution is 2.39. The van der Waals surface area contributed by atoms with E-state index in [-0.39, 0.29) is 17.2 Å². The quantitative estimate of drug-likeness (QED) is 0.106. The number of alkyl halides is 2. The first-order valence-electron chi connectivity index (χ1n) is 23.0. The number of rotatable bonds is 9. The summed E-state index contributed by atoms with van der Waals surface area (Å²) in [5.41, 5.74) is 8.06. The van der Waals surface area contributed by atoms with Crippen molar-refractivity contribution in [3.63, 3.8) is 0 Å². The SMILES string of the molecule is C=C.CC.Cc1nc2cc(-c3ncc(F)cc3-c3cnn(CC4CC[C@H](F)C4)c3)ccc2n1C.F.O=C1c2cc(-c3ncc(F)cc3-c3cnn(CC4(F)CCCC4)c3)ccc2CN1C1CC1. The number of aryl methyl sites for hydroxylation is 2. The van der Waals surface area contributed by atoms with E-state index in [0.717, 1.165) is 71.2 Å². The van der Waals surface area contributed by atoms with E-state index in [1.165, 1.54) is 24.5 Å². The second-order valence-electron chi connectivity index (χ2n) is 17.6. The van der Waals surface area contributed by atoms with Crippen LogP contribution in [0.2, 0.25) is 0 Å². The first kappa shape index (κ1) is 48.4. The third-order valence-electron chi connectivity index (χ3n) is 13.0. The van der Waals surface area contributed by atoms with E-state index in [1.807, 2.05) is 84.6 Å². The number of pyridine rings is 2. The van der Waals surface area contributed by atoms with Crippen molar-refractivity contribution in [1.82, 2.24) is 44.0 Å². The number of hydrogen-bond donors (Lipinski definition) is 0. The fourth-order valence-corrected chi connectivity index (χ4v) is 9.49. The molecule has 1 aliphatic heterocycles. The molecule has 11 rings (SSSR count). The summed E-state index contributed by atoms with van der Waals surface area (Å²) in [5.74, 6) is 0.440. The van der Waals surface area contributed by atoms with E-state index in [2.05, 4.69) is 38.3 Å². The summed E-state index contributed by atoms with van der Waals surface area (Å²) in [5, 5.41) is 8.78. The van der Waals surface area contributed by atoms with Crippen LogP contribution in [0.15, 0.2) is 98.9 Å². The van der Waals surface area contributed by atoms with Gasteiger partial charge < -0.3 is 9.47 Å². The Labute approximate surface area is 388 Å². The van der Waals surface area contributed by atoms with Gasteiger partial charge in [0.2, 0.25) is 0 Å². The minimum atomic E-state index is -1.22. The zero-order chi connectivity index (χ0) is 46.7. The molecule has 67 heavy (non-hydrogen) atoms. The average Bonchev–Trinajstić information content (AvgIpc) is 3.88. The van der Waals surface area contributed by atoms with Gasteiger partial charge in [0.15, 0.2) is 0 Å². The van der Waals surface area contributed by atoms with Crippen molar-refractivity contribution in [3.8, 4) is 44.8 Å². The Morgan fingerprint density at radius 1 is 0.761 bits per heavy atom. The van der Waals surface area contributed by atoms with E-state index in [4.69, 9.17) is 0 Å². The minimum absolute atomic E-state index is 0. The van der Waals surface area contributed by atoms with Crippen LogP contribution in [0.4, 0.5) is 22.3 Å². The Hall–Kier alpha value is -6.51. The predicted molar refractivity (Wildman–Crippen MR) is 253 cm³/mol. The maximum Gasteiger partial charge on any atom is 0.254 e. The molecular weight excluding hydrogens is 862 g/mol. The van der Waals surface area contributed by atoms with Gasteiger partial charge in [-0.15, -0.1) is 13.2 Å². The van der Waals surface area contributed by atoms with Crippen molar-refractivity contribution >= 4 is 16.9 Å². The van der Waals surface area contributed by atoms with Gasteiger partial charge >= 0.3 is 0 Å². The second-order valence-corrected chi connectivity index (χ2v) is 17.6. The van der Waals surface area contributed by atoms with E-state index in [0.29, 0.717) is 84.4 Å². The normalized spacial score (nSPS) is 18.0. The summed E-state index contributed by atoms with van der Waals surface area (Å²) in [6.07, 6.45) is 15.9. The Balaban J connectivity index is 0.000000183. The second kappa shape index (κ2) is 20.6. The van der Waals surface area contributed by atoms with Gasteiger partial charge in [-0.1, -0.05) is 44.9 Å². The van der Waals surface area contributed by atoms with Crippen LogP contribution in [0.3, 0.4) is 0 Å². The van der Waals surface area contributed by atoms with Gasteiger partial charge in [-0.05, 0) is 93.7 Å². The predicted octanol–water partition coefficient (Wildman–Crippen LogP) is 12.2. The summed E-state index contributed by atoms with van der Waals surface area (Å²) in [6.45, 7) is 13.5.